The molecular formula is C12H17Cl2NO. The Morgan fingerprint density at radius 3 is 2.69 bits per heavy atom. The summed E-state index contributed by atoms with van der Waals surface area (Å²) in [7, 11) is 0. The maximum Gasteiger partial charge on any atom is 0.0929 e. The lowest BCUT2D eigenvalue weighted by Gasteiger charge is -2.17. The van der Waals surface area contributed by atoms with Crippen LogP contribution >= 0.6 is 23.2 Å². The van der Waals surface area contributed by atoms with Crippen molar-refractivity contribution in [1.82, 2.24) is 5.32 Å². The Balaban J connectivity index is 2.65. The maximum absolute atomic E-state index is 9.96. The van der Waals surface area contributed by atoms with E-state index in [-0.39, 0.29) is 0 Å². The van der Waals surface area contributed by atoms with Crippen molar-refractivity contribution in [1.29, 1.82) is 0 Å². The van der Waals surface area contributed by atoms with Crippen LogP contribution < -0.4 is 5.32 Å². The summed E-state index contributed by atoms with van der Waals surface area (Å²) in [5.41, 5.74) is 0.671. The van der Waals surface area contributed by atoms with Crippen LogP contribution in [0.3, 0.4) is 0 Å². The monoisotopic (exact) mass is 261 g/mol. The third-order valence-electron chi connectivity index (χ3n) is 2.59. The predicted octanol–water partition coefficient (Wildman–Crippen LogP) is 3.41. The lowest BCUT2D eigenvalue weighted by atomic mass is 10.1. The van der Waals surface area contributed by atoms with Gasteiger partial charge in [-0.15, -0.1) is 0 Å². The summed E-state index contributed by atoms with van der Waals surface area (Å²) in [6.07, 6.45) is 0.399. The van der Waals surface area contributed by atoms with E-state index < -0.39 is 6.10 Å². The Labute approximate surface area is 107 Å². The highest BCUT2D eigenvalue weighted by molar-refractivity contribution is 6.33. The van der Waals surface area contributed by atoms with Gasteiger partial charge in [0.1, 0.15) is 0 Å². The van der Waals surface area contributed by atoms with Crippen molar-refractivity contribution < 1.29 is 5.11 Å². The van der Waals surface area contributed by atoms with Crippen molar-refractivity contribution in [2.45, 2.75) is 32.4 Å². The number of rotatable bonds is 5. The smallest absolute Gasteiger partial charge is 0.0929 e. The van der Waals surface area contributed by atoms with Gasteiger partial charge in [-0.25, -0.2) is 0 Å². The van der Waals surface area contributed by atoms with Gasteiger partial charge in [-0.05, 0) is 31.5 Å². The third-order valence-corrected chi connectivity index (χ3v) is 3.17. The van der Waals surface area contributed by atoms with Crippen LogP contribution in [0.2, 0.25) is 10.0 Å². The van der Waals surface area contributed by atoms with Crippen LogP contribution in [-0.2, 0) is 0 Å². The third kappa shape index (κ3) is 3.95. The molecule has 0 amide bonds. The van der Waals surface area contributed by atoms with E-state index in [1.165, 1.54) is 0 Å². The normalized spacial score (nSPS) is 14.8. The first-order valence-electron chi connectivity index (χ1n) is 5.41. The van der Waals surface area contributed by atoms with Gasteiger partial charge in [-0.2, -0.15) is 0 Å². The molecule has 0 aliphatic carbocycles. The molecule has 0 spiro atoms. The van der Waals surface area contributed by atoms with E-state index >= 15 is 0 Å². The van der Waals surface area contributed by atoms with Crippen molar-refractivity contribution in [3.63, 3.8) is 0 Å². The number of benzene rings is 1. The molecule has 2 atom stereocenters. The molecule has 0 aromatic heterocycles. The lowest BCUT2D eigenvalue weighted by Crippen LogP contribution is -2.29. The molecule has 0 saturated carbocycles. The fraction of sp³-hybridized carbons (Fsp3) is 0.500. The number of hydrogen-bond acceptors (Lipinski definition) is 2. The average Bonchev–Trinajstić information content (AvgIpc) is 2.28. The topological polar surface area (TPSA) is 32.3 Å². The zero-order valence-electron chi connectivity index (χ0n) is 9.50. The first kappa shape index (κ1) is 13.8. The molecule has 0 heterocycles. The Kier molecular flexibility index (Phi) is 5.56. The van der Waals surface area contributed by atoms with E-state index in [1.807, 2.05) is 0 Å². The minimum Gasteiger partial charge on any atom is -0.387 e. The molecule has 0 fully saturated rings. The van der Waals surface area contributed by atoms with Gasteiger partial charge in [-0.3, -0.25) is 0 Å². The largest absolute Gasteiger partial charge is 0.387 e. The standard InChI is InChI=1S/C12H17Cl2NO/c1-3-8(2)15-7-12(16)10-6-9(13)4-5-11(10)14/h4-6,8,12,15-16H,3,7H2,1-2H3. The molecule has 16 heavy (non-hydrogen) atoms. The summed E-state index contributed by atoms with van der Waals surface area (Å²) >= 11 is 11.9. The molecule has 2 N–H and O–H groups in total. The minimum atomic E-state index is -0.625. The molecular weight excluding hydrogens is 245 g/mol. The van der Waals surface area contributed by atoms with Gasteiger partial charge in [0.25, 0.3) is 0 Å². The van der Waals surface area contributed by atoms with Gasteiger partial charge in [-0.1, -0.05) is 30.1 Å². The quantitative estimate of drug-likeness (QED) is 0.852. The molecule has 0 radical (unpaired) electrons. The van der Waals surface area contributed by atoms with E-state index in [2.05, 4.69) is 19.2 Å². The van der Waals surface area contributed by atoms with Crippen molar-refractivity contribution in [3.8, 4) is 0 Å². The minimum absolute atomic E-state index is 0.382. The van der Waals surface area contributed by atoms with Gasteiger partial charge >= 0.3 is 0 Å². The van der Waals surface area contributed by atoms with Crippen LogP contribution in [0, 0.1) is 0 Å². The number of aliphatic hydroxyl groups is 1. The molecule has 2 unspecified atom stereocenters. The van der Waals surface area contributed by atoms with Crippen LogP contribution in [-0.4, -0.2) is 17.7 Å². The Bertz CT molecular complexity index is 344. The average molecular weight is 262 g/mol. The van der Waals surface area contributed by atoms with E-state index in [0.29, 0.717) is 28.2 Å². The van der Waals surface area contributed by atoms with E-state index in [0.717, 1.165) is 6.42 Å². The summed E-state index contributed by atoms with van der Waals surface area (Å²) in [4.78, 5) is 0. The summed E-state index contributed by atoms with van der Waals surface area (Å²) in [6, 6.07) is 5.49. The lowest BCUT2D eigenvalue weighted by molar-refractivity contribution is 0.170. The SMILES string of the molecule is CCC(C)NCC(O)c1cc(Cl)ccc1Cl. The number of nitrogens with one attached hydrogen (secondary N) is 1. The second kappa shape index (κ2) is 6.45. The molecule has 0 aliphatic heterocycles. The van der Waals surface area contributed by atoms with E-state index in [9.17, 15) is 5.11 Å². The van der Waals surface area contributed by atoms with Gasteiger partial charge in [0.05, 0.1) is 6.10 Å². The van der Waals surface area contributed by atoms with Gasteiger partial charge in [0.2, 0.25) is 0 Å². The molecule has 2 nitrogen and oxygen atoms in total. The highest BCUT2D eigenvalue weighted by Crippen LogP contribution is 2.26. The van der Waals surface area contributed by atoms with Crippen molar-refractivity contribution in [2.24, 2.45) is 0 Å². The van der Waals surface area contributed by atoms with Crippen LogP contribution in [0.5, 0.6) is 0 Å². The Morgan fingerprint density at radius 1 is 1.38 bits per heavy atom. The molecule has 90 valence electrons. The van der Waals surface area contributed by atoms with E-state index in [4.69, 9.17) is 23.2 Å². The highest BCUT2D eigenvalue weighted by atomic mass is 35.5. The zero-order chi connectivity index (χ0) is 12.1. The van der Waals surface area contributed by atoms with Gasteiger partial charge in [0.15, 0.2) is 0 Å². The van der Waals surface area contributed by atoms with Gasteiger partial charge in [0, 0.05) is 28.2 Å². The molecule has 0 saturated heterocycles. The summed E-state index contributed by atoms with van der Waals surface area (Å²) in [6.45, 7) is 4.65. The maximum atomic E-state index is 9.96. The Morgan fingerprint density at radius 2 is 2.06 bits per heavy atom. The van der Waals surface area contributed by atoms with Crippen molar-refractivity contribution in [3.05, 3.63) is 33.8 Å². The van der Waals surface area contributed by atoms with Crippen LogP contribution in [0.4, 0.5) is 0 Å². The van der Waals surface area contributed by atoms with Crippen molar-refractivity contribution in [2.75, 3.05) is 6.54 Å². The second-order valence-corrected chi connectivity index (χ2v) is 4.74. The predicted molar refractivity (Wildman–Crippen MR) is 69.2 cm³/mol. The summed E-state index contributed by atoms with van der Waals surface area (Å²) in [5.74, 6) is 0. The zero-order valence-corrected chi connectivity index (χ0v) is 11.0. The first-order valence-corrected chi connectivity index (χ1v) is 6.16. The molecule has 4 heteroatoms. The molecule has 1 aromatic carbocycles. The fourth-order valence-corrected chi connectivity index (χ4v) is 1.76. The van der Waals surface area contributed by atoms with E-state index in [1.54, 1.807) is 18.2 Å². The summed E-state index contributed by atoms with van der Waals surface area (Å²) in [5, 5.41) is 14.3. The van der Waals surface area contributed by atoms with Gasteiger partial charge < -0.3 is 10.4 Å². The number of aliphatic hydroxyl groups excluding tert-OH is 1. The molecule has 1 rings (SSSR count). The molecule has 1 aromatic rings. The number of hydrogen-bond donors (Lipinski definition) is 2. The highest BCUT2D eigenvalue weighted by Gasteiger charge is 2.12. The van der Waals surface area contributed by atoms with Crippen LogP contribution in [0.15, 0.2) is 18.2 Å². The van der Waals surface area contributed by atoms with Crippen molar-refractivity contribution >= 4 is 23.2 Å². The second-order valence-electron chi connectivity index (χ2n) is 3.90. The summed E-state index contributed by atoms with van der Waals surface area (Å²) < 4.78 is 0. The van der Waals surface area contributed by atoms with Crippen LogP contribution in [0.1, 0.15) is 31.9 Å². The Hall–Kier alpha value is -0.280. The fourth-order valence-electron chi connectivity index (χ4n) is 1.34. The first-order chi connectivity index (χ1) is 7.54. The van der Waals surface area contributed by atoms with Crippen LogP contribution in [0.25, 0.3) is 0 Å². The number of halogens is 2. The molecule has 0 aliphatic rings. The molecule has 0 bridgehead atoms.